The van der Waals surface area contributed by atoms with Crippen LogP contribution in [0.5, 0.6) is 0 Å². The molecule has 3 heteroatoms. The van der Waals surface area contributed by atoms with Gasteiger partial charge in [-0.2, -0.15) is 0 Å². The second-order valence-corrected chi connectivity index (χ2v) is 3.64. The molecule has 0 saturated heterocycles. The van der Waals surface area contributed by atoms with Gasteiger partial charge in [-0.1, -0.05) is 0 Å². The Balaban J connectivity index is 1.95. The monoisotopic (exact) mass is 180 g/mol. The molecule has 0 spiro atoms. The minimum atomic E-state index is -0.807. The molecular formula is C10H12O3. The van der Waals surface area contributed by atoms with Crippen LogP contribution in [0.2, 0.25) is 0 Å². The number of furan rings is 1. The summed E-state index contributed by atoms with van der Waals surface area (Å²) < 4.78 is 5.25. The lowest BCUT2D eigenvalue weighted by molar-refractivity contribution is -0.136. The van der Waals surface area contributed by atoms with Gasteiger partial charge < -0.3 is 9.52 Å². The smallest absolute Gasteiger partial charge is 0.307 e. The number of carboxylic acids is 1. The highest BCUT2D eigenvalue weighted by Crippen LogP contribution is 2.32. The van der Waals surface area contributed by atoms with Crippen LogP contribution >= 0.6 is 0 Å². The van der Waals surface area contributed by atoms with Gasteiger partial charge in [-0.05, 0) is 24.8 Å². The molecule has 1 aliphatic carbocycles. The van der Waals surface area contributed by atoms with Crippen LogP contribution in [0.4, 0.5) is 0 Å². The van der Waals surface area contributed by atoms with Crippen LogP contribution < -0.4 is 0 Å². The number of hydrogen-bond donors (Lipinski definition) is 1. The molecule has 1 heterocycles. The van der Waals surface area contributed by atoms with Crippen molar-refractivity contribution in [2.45, 2.75) is 25.7 Å². The highest BCUT2D eigenvalue weighted by atomic mass is 16.4. The third-order valence-corrected chi connectivity index (χ3v) is 2.25. The van der Waals surface area contributed by atoms with Gasteiger partial charge in [0.1, 0.15) is 5.76 Å². The maximum atomic E-state index is 10.4. The first kappa shape index (κ1) is 8.35. The van der Waals surface area contributed by atoms with Gasteiger partial charge in [-0.3, -0.25) is 4.79 Å². The third-order valence-electron chi connectivity index (χ3n) is 2.25. The molecule has 1 aromatic heterocycles. The van der Waals surface area contributed by atoms with E-state index < -0.39 is 5.97 Å². The Morgan fingerprint density at radius 1 is 1.62 bits per heavy atom. The predicted molar refractivity (Wildman–Crippen MR) is 46.5 cm³/mol. The molecule has 1 aromatic rings. The van der Waals surface area contributed by atoms with E-state index in [-0.39, 0.29) is 6.42 Å². The van der Waals surface area contributed by atoms with E-state index >= 15 is 0 Å². The van der Waals surface area contributed by atoms with Gasteiger partial charge in [0, 0.05) is 12.0 Å². The van der Waals surface area contributed by atoms with Crippen molar-refractivity contribution in [3.05, 3.63) is 23.7 Å². The third kappa shape index (κ3) is 2.34. The van der Waals surface area contributed by atoms with Crippen molar-refractivity contribution < 1.29 is 14.3 Å². The van der Waals surface area contributed by atoms with E-state index in [1.807, 2.05) is 6.07 Å². The van der Waals surface area contributed by atoms with E-state index in [1.165, 1.54) is 12.8 Å². The molecule has 1 N–H and O–H groups in total. The molecule has 70 valence electrons. The Hall–Kier alpha value is -1.25. The fourth-order valence-corrected chi connectivity index (χ4v) is 1.41. The Morgan fingerprint density at radius 3 is 3.00 bits per heavy atom. The van der Waals surface area contributed by atoms with Crippen LogP contribution in [0.15, 0.2) is 16.7 Å². The maximum Gasteiger partial charge on any atom is 0.307 e. The van der Waals surface area contributed by atoms with Gasteiger partial charge in [0.15, 0.2) is 0 Å². The minimum absolute atomic E-state index is 0.0637. The topological polar surface area (TPSA) is 50.4 Å². The molecular weight excluding hydrogens is 168 g/mol. The van der Waals surface area contributed by atoms with E-state index in [1.54, 1.807) is 6.26 Å². The fraction of sp³-hybridized carbons (Fsp3) is 0.500. The number of carboxylic acid groups (broad SMARTS) is 1. The molecule has 13 heavy (non-hydrogen) atoms. The second kappa shape index (κ2) is 3.24. The van der Waals surface area contributed by atoms with Crippen molar-refractivity contribution in [3.63, 3.8) is 0 Å². The van der Waals surface area contributed by atoms with Crippen LogP contribution in [-0.2, 0) is 17.6 Å². The Labute approximate surface area is 76.4 Å². The number of rotatable bonds is 4. The minimum Gasteiger partial charge on any atom is -0.481 e. The normalized spacial score (nSPS) is 16.0. The van der Waals surface area contributed by atoms with Crippen LogP contribution in [0.3, 0.4) is 0 Å². The van der Waals surface area contributed by atoms with Gasteiger partial charge in [-0.15, -0.1) is 0 Å². The molecule has 1 aliphatic rings. The zero-order valence-electron chi connectivity index (χ0n) is 7.32. The molecule has 1 fully saturated rings. The zero-order chi connectivity index (χ0) is 9.26. The summed E-state index contributed by atoms with van der Waals surface area (Å²) in [6.07, 6.45) is 5.16. The number of hydrogen-bond acceptors (Lipinski definition) is 2. The van der Waals surface area contributed by atoms with Crippen LogP contribution in [0, 0.1) is 5.92 Å². The summed E-state index contributed by atoms with van der Waals surface area (Å²) >= 11 is 0. The molecule has 0 atom stereocenters. The maximum absolute atomic E-state index is 10.4. The lowest BCUT2D eigenvalue weighted by atomic mass is 10.2. The van der Waals surface area contributed by atoms with Crippen LogP contribution in [0.1, 0.15) is 24.2 Å². The highest BCUT2D eigenvalue weighted by molar-refractivity contribution is 5.69. The summed E-state index contributed by atoms with van der Waals surface area (Å²) in [5, 5.41) is 8.53. The molecule has 1 saturated carbocycles. The van der Waals surface area contributed by atoms with Crippen LogP contribution in [-0.4, -0.2) is 11.1 Å². The van der Waals surface area contributed by atoms with Crippen molar-refractivity contribution in [1.82, 2.24) is 0 Å². The molecule has 0 aromatic carbocycles. The first-order valence-corrected chi connectivity index (χ1v) is 4.52. The Kier molecular flexibility index (Phi) is 2.08. The average Bonchev–Trinajstić information content (AvgIpc) is 2.73. The quantitative estimate of drug-likeness (QED) is 0.769. The number of carbonyl (C=O) groups is 1. The van der Waals surface area contributed by atoms with Crippen molar-refractivity contribution in [2.75, 3.05) is 0 Å². The SMILES string of the molecule is O=C(O)Cc1coc(CC2CC2)c1. The highest BCUT2D eigenvalue weighted by Gasteiger charge is 2.23. The van der Waals surface area contributed by atoms with Gasteiger partial charge in [0.05, 0.1) is 12.7 Å². The molecule has 0 bridgehead atoms. The average molecular weight is 180 g/mol. The molecule has 0 amide bonds. The van der Waals surface area contributed by atoms with Gasteiger partial charge in [-0.25, -0.2) is 0 Å². The van der Waals surface area contributed by atoms with Crippen molar-refractivity contribution in [3.8, 4) is 0 Å². The van der Waals surface area contributed by atoms with Gasteiger partial charge in [0.25, 0.3) is 0 Å². The van der Waals surface area contributed by atoms with E-state index in [4.69, 9.17) is 9.52 Å². The van der Waals surface area contributed by atoms with Crippen LogP contribution in [0.25, 0.3) is 0 Å². The van der Waals surface area contributed by atoms with E-state index in [0.717, 1.165) is 23.7 Å². The van der Waals surface area contributed by atoms with Gasteiger partial charge >= 0.3 is 5.97 Å². The summed E-state index contributed by atoms with van der Waals surface area (Å²) in [5.74, 6) is 0.904. The standard InChI is InChI=1S/C10H12O3/c11-10(12)5-8-4-9(13-6-8)3-7-1-2-7/h4,6-7H,1-3,5H2,(H,11,12). The lowest BCUT2D eigenvalue weighted by Gasteiger charge is -1.89. The van der Waals surface area contributed by atoms with E-state index in [9.17, 15) is 4.79 Å². The fourth-order valence-electron chi connectivity index (χ4n) is 1.41. The van der Waals surface area contributed by atoms with Crippen molar-refractivity contribution >= 4 is 5.97 Å². The summed E-state index contributed by atoms with van der Waals surface area (Å²) in [6, 6.07) is 1.85. The van der Waals surface area contributed by atoms with Gasteiger partial charge in [0.2, 0.25) is 0 Å². The first-order chi connectivity index (χ1) is 6.24. The molecule has 0 unspecified atom stereocenters. The largest absolute Gasteiger partial charge is 0.481 e. The molecule has 0 aliphatic heterocycles. The first-order valence-electron chi connectivity index (χ1n) is 4.52. The summed E-state index contributed by atoms with van der Waals surface area (Å²) in [7, 11) is 0. The summed E-state index contributed by atoms with van der Waals surface area (Å²) in [5.41, 5.74) is 0.767. The molecule has 3 nitrogen and oxygen atoms in total. The van der Waals surface area contributed by atoms with Crippen molar-refractivity contribution in [1.29, 1.82) is 0 Å². The summed E-state index contributed by atoms with van der Waals surface area (Å²) in [4.78, 5) is 10.4. The zero-order valence-corrected chi connectivity index (χ0v) is 7.32. The van der Waals surface area contributed by atoms with E-state index in [0.29, 0.717) is 0 Å². The predicted octanol–water partition coefficient (Wildman–Crippen LogP) is 1.86. The second-order valence-electron chi connectivity index (χ2n) is 3.64. The lowest BCUT2D eigenvalue weighted by Crippen LogP contribution is -1.98. The Bertz CT molecular complexity index is 310. The molecule has 2 rings (SSSR count). The summed E-state index contributed by atoms with van der Waals surface area (Å²) in [6.45, 7) is 0. The Morgan fingerprint density at radius 2 is 2.38 bits per heavy atom. The van der Waals surface area contributed by atoms with E-state index in [2.05, 4.69) is 0 Å². The van der Waals surface area contributed by atoms with Crippen molar-refractivity contribution in [2.24, 2.45) is 5.92 Å². The number of aliphatic carboxylic acids is 1. The molecule has 0 radical (unpaired) electrons.